The van der Waals surface area contributed by atoms with E-state index < -0.39 is 47.6 Å². The largest absolute Gasteiger partial charge is 0.480 e. The topological polar surface area (TPSA) is 102 Å². The quantitative estimate of drug-likeness (QED) is 0.753. The van der Waals surface area contributed by atoms with E-state index in [1.54, 1.807) is 0 Å². The minimum Gasteiger partial charge on any atom is -0.480 e. The van der Waals surface area contributed by atoms with Crippen LogP contribution in [0.25, 0.3) is 0 Å². The Morgan fingerprint density at radius 2 is 1.63 bits per heavy atom. The van der Waals surface area contributed by atoms with Crippen LogP contribution in [0.2, 0.25) is 0 Å². The first-order valence-corrected chi connectivity index (χ1v) is 7.93. The molecule has 7 heteroatoms. The van der Waals surface area contributed by atoms with Crippen LogP contribution in [-0.2, 0) is 9.59 Å². The first kappa shape index (κ1) is 19.7. The van der Waals surface area contributed by atoms with Crippen molar-refractivity contribution in [1.82, 2.24) is 0 Å². The van der Waals surface area contributed by atoms with Crippen molar-refractivity contribution in [2.75, 3.05) is 0 Å². The summed E-state index contributed by atoms with van der Waals surface area (Å²) < 4.78 is 26.8. The number of hydrogen-bond donors (Lipinski definition) is 1. The Bertz CT molecular complexity index is 929. The number of carbonyl (C=O) groups is 2. The van der Waals surface area contributed by atoms with Gasteiger partial charge in [0, 0.05) is 12.3 Å². The highest BCUT2D eigenvalue weighted by Gasteiger charge is 2.33. The van der Waals surface area contributed by atoms with Gasteiger partial charge in [-0.15, -0.1) is 0 Å². The Kier molecular flexibility index (Phi) is 6.35. The number of hydrogen-bond acceptors (Lipinski definition) is 4. The van der Waals surface area contributed by atoms with Crippen molar-refractivity contribution in [1.29, 1.82) is 10.5 Å². The highest BCUT2D eigenvalue weighted by Crippen LogP contribution is 2.36. The molecule has 0 amide bonds. The van der Waals surface area contributed by atoms with Crippen LogP contribution >= 0.6 is 0 Å². The maximum absolute atomic E-state index is 13.6. The van der Waals surface area contributed by atoms with Gasteiger partial charge in [0.15, 0.2) is 5.78 Å². The van der Waals surface area contributed by atoms with Crippen LogP contribution in [0.4, 0.5) is 8.78 Å². The molecule has 0 heterocycles. The van der Waals surface area contributed by atoms with E-state index in [9.17, 15) is 23.6 Å². The van der Waals surface area contributed by atoms with Gasteiger partial charge in [0.05, 0.1) is 18.1 Å². The van der Waals surface area contributed by atoms with Crippen LogP contribution in [0.3, 0.4) is 0 Å². The standard InChI is InChI=1S/C20H14F2N2O3/c21-14-6-4-12(5-7-14)16(9-19(25)18(11-24)20(26)27)17(10-23)13-2-1-3-15(22)8-13/h1-8,16-18H,9H2,(H,26,27). The minimum atomic E-state index is -1.88. The third kappa shape index (κ3) is 4.74. The SMILES string of the molecule is N#CC(C(=O)O)C(=O)CC(c1ccc(F)cc1)C(C#N)c1cccc(F)c1. The van der Waals surface area contributed by atoms with Gasteiger partial charge < -0.3 is 5.11 Å². The fourth-order valence-corrected chi connectivity index (χ4v) is 2.83. The Morgan fingerprint density at radius 1 is 0.963 bits per heavy atom. The minimum absolute atomic E-state index is 0.295. The van der Waals surface area contributed by atoms with E-state index in [2.05, 4.69) is 0 Å². The summed E-state index contributed by atoms with van der Waals surface area (Å²) in [5.74, 6) is -7.31. The third-order valence-electron chi connectivity index (χ3n) is 4.17. The van der Waals surface area contributed by atoms with Crippen molar-refractivity contribution < 1.29 is 23.5 Å². The second-order valence-electron chi connectivity index (χ2n) is 5.89. The lowest BCUT2D eigenvalue weighted by atomic mass is 9.78. The molecule has 27 heavy (non-hydrogen) atoms. The molecule has 0 aliphatic carbocycles. The number of aliphatic carboxylic acids is 1. The summed E-state index contributed by atoms with van der Waals surface area (Å²) in [4.78, 5) is 23.4. The maximum atomic E-state index is 13.6. The van der Waals surface area contributed by atoms with Crippen molar-refractivity contribution >= 4 is 11.8 Å². The van der Waals surface area contributed by atoms with Gasteiger partial charge in [0.1, 0.15) is 11.6 Å². The molecule has 3 unspecified atom stereocenters. The van der Waals surface area contributed by atoms with Crippen LogP contribution in [0.1, 0.15) is 29.4 Å². The molecule has 0 aliphatic heterocycles. The number of benzene rings is 2. The van der Waals surface area contributed by atoms with Crippen LogP contribution < -0.4 is 0 Å². The average molecular weight is 368 g/mol. The smallest absolute Gasteiger partial charge is 0.328 e. The molecule has 0 saturated carbocycles. The summed E-state index contributed by atoms with van der Waals surface area (Å²) in [5, 5.41) is 27.6. The molecule has 0 aliphatic rings. The molecule has 0 radical (unpaired) electrons. The fourth-order valence-electron chi connectivity index (χ4n) is 2.83. The van der Waals surface area contributed by atoms with Gasteiger partial charge in [0.25, 0.3) is 0 Å². The highest BCUT2D eigenvalue weighted by atomic mass is 19.1. The molecular formula is C20H14F2N2O3. The Labute approximate surface area is 154 Å². The molecule has 0 fully saturated rings. The Balaban J connectivity index is 2.47. The fraction of sp³-hybridized carbons (Fsp3) is 0.200. The van der Waals surface area contributed by atoms with E-state index in [4.69, 9.17) is 10.4 Å². The number of nitriles is 2. The number of nitrogens with zero attached hydrogens (tertiary/aromatic N) is 2. The van der Waals surface area contributed by atoms with Crippen LogP contribution in [-0.4, -0.2) is 16.9 Å². The number of carbonyl (C=O) groups excluding carboxylic acids is 1. The molecule has 2 rings (SSSR count). The van der Waals surface area contributed by atoms with Crippen LogP contribution in [0.5, 0.6) is 0 Å². The normalized spacial score (nSPS) is 13.6. The van der Waals surface area contributed by atoms with Gasteiger partial charge in [-0.1, -0.05) is 24.3 Å². The first-order chi connectivity index (χ1) is 12.9. The van der Waals surface area contributed by atoms with Gasteiger partial charge in [-0.25, -0.2) is 8.78 Å². The molecule has 2 aromatic carbocycles. The molecule has 5 nitrogen and oxygen atoms in total. The molecule has 136 valence electrons. The van der Waals surface area contributed by atoms with Crippen molar-refractivity contribution in [3.05, 3.63) is 71.3 Å². The van der Waals surface area contributed by atoms with Gasteiger partial charge in [-0.05, 0) is 35.4 Å². The number of carboxylic acids is 1. The molecule has 0 saturated heterocycles. The maximum Gasteiger partial charge on any atom is 0.328 e. The number of carboxylic acid groups (broad SMARTS) is 1. The number of rotatable bonds is 7. The lowest BCUT2D eigenvalue weighted by Gasteiger charge is -2.23. The number of ketones is 1. The Hall–Kier alpha value is -3.58. The van der Waals surface area contributed by atoms with Gasteiger partial charge in [-0.3, -0.25) is 9.59 Å². The average Bonchev–Trinajstić information content (AvgIpc) is 2.62. The lowest BCUT2D eigenvalue weighted by molar-refractivity contribution is -0.143. The van der Waals surface area contributed by atoms with Gasteiger partial charge in [0.2, 0.25) is 5.92 Å². The van der Waals surface area contributed by atoms with Crippen molar-refractivity contribution in [2.24, 2.45) is 5.92 Å². The van der Waals surface area contributed by atoms with Gasteiger partial charge in [-0.2, -0.15) is 10.5 Å². The summed E-state index contributed by atoms with van der Waals surface area (Å²) >= 11 is 0. The van der Waals surface area contributed by atoms with E-state index in [-0.39, 0.29) is 0 Å². The summed E-state index contributed by atoms with van der Waals surface area (Å²) in [6.45, 7) is 0. The second kappa shape index (κ2) is 8.68. The molecule has 0 aromatic heterocycles. The molecule has 0 bridgehead atoms. The molecular weight excluding hydrogens is 354 g/mol. The summed E-state index contributed by atoms with van der Waals surface area (Å²) in [6, 6.07) is 13.7. The lowest BCUT2D eigenvalue weighted by Crippen LogP contribution is -2.25. The highest BCUT2D eigenvalue weighted by molar-refractivity contribution is 6.01. The molecule has 1 N–H and O–H groups in total. The number of Topliss-reactive ketones (excluding diaryl/α,β-unsaturated/α-hetero) is 1. The summed E-state index contributed by atoms with van der Waals surface area (Å²) in [5.41, 5.74) is 0.700. The molecule has 2 aromatic rings. The monoisotopic (exact) mass is 368 g/mol. The van der Waals surface area contributed by atoms with E-state index in [0.717, 1.165) is 18.2 Å². The van der Waals surface area contributed by atoms with Crippen molar-refractivity contribution in [2.45, 2.75) is 18.3 Å². The summed E-state index contributed by atoms with van der Waals surface area (Å²) in [6.07, 6.45) is -0.440. The second-order valence-corrected chi connectivity index (χ2v) is 5.89. The zero-order chi connectivity index (χ0) is 20.0. The molecule has 0 spiro atoms. The predicted molar refractivity (Wildman–Crippen MR) is 90.3 cm³/mol. The van der Waals surface area contributed by atoms with Crippen molar-refractivity contribution in [3.8, 4) is 12.1 Å². The van der Waals surface area contributed by atoms with E-state index in [1.807, 2.05) is 6.07 Å². The van der Waals surface area contributed by atoms with Gasteiger partial charge >= 0.3 is 5.97 Å². The summed E-state index contributed by atoms with van der Waals surface area (Å²) in [7, 11) is 0. The van der Waals surface area contributed by atoms with Crippen LogP contribution in [0, 0.1) is 40.2 Å². The van der Waals surface area contributed by atoms with Crippen molar-refractivity contribution in [3.63, 3.8) is 0 Å². The number of halogens is 2. The Morgan fingerprint density at radius 3 is 2.15 bits per heavy atom. The van der Waals surface area contributed by atoms with E-state index in [0.29, 0.717) is 11.1 Å². The zero-order valence-electron chi connectivity index (χ0n) is 14.0. The molecule has 3 atom stereocenters. The van der Waals surface area contributed by atoms with E-state index >= 15 is 0 Å². The zero-order valence-corrected chi connectivity index (χ0v) is 14.0. The predicted octanol–water partition coefficient (Wildman–Crippen LogP) is 3.54. The van der Waals surface area contributed by atoms with E-state index in [1.165, 1.54) is 36.4 Å². The first-order valence-electron chi connectivity index (χ1n) is 7.93. The third-order valence-corrected chi connectivity index (χ3v) is 4.17. The van der Waals surface area contributed by atoms with Crippen LogP contribution in [0.15, 0.2) is 48.5 Å².